The van der Waals surface area contributed by atoms with Crippen molar-refractivity contribution in [2.75, 3.05) is 36.0 Å². The van der Waals surface area contributed by atoms with Gasteiger partial charge in [0.1, 0.15) is 0 Å². The summed E-state index contributed by atoms with van der Waals surface area (Å²) < 4.78 is 0. The summed E-state index contributed by atoms with van der Waals surface area (Å²) in [5.41, 5.74) is 7.48. The van der Waals surface area contributed by atoms with Crippen LogP contribution >= 0.6 is 0 Å². The van der Waals surface area contributed by atoms with Crippen molar-refractivity contribution >= 4 is 16.9 Å². The van der Waals surface area contributed by atoms with Crippen molar-refractivity contribution < 1.29 is 0 Å². The summed E-state index contributed by atoms with van der Waals surface area (Å²) in [4.78, 5) is 4.85. The molecule has 3 rings (SSSR count). The Labute approximate surface area is 152 Å². The summed E-state index contributed by atoms with van der Waals surface area (Å²) in [6, 6.07) is 15.6. The number of anilines is 2. The number of hydrogen-bond acceptors (Lipinski definition) is 2. The number of rotatable bonds is 6. The van der Waals surface area contributed by atoms with Gasteiger partial charge in [-0.2, -0.15) is 0 Å². The largest absolute Gasteiger partial charge is 0.372 e. The highest BCUT2D eigenvalue weighted by Crippen LogP contribution is 2.29. The number of aryl methyl sites for hydroxylation is 1. The first kappa shape index (κ1) is 17.6. The van der Waals surface area contributed by atoms with E-state index in [0.717, 1.165) is 18.7 Å². The second kappa shape index (κ2) is 7.77. The SMILES string of the molecule is C=C(c1ccc(N2CCCC2)cc1)c1ccc(N(CC)CC)cc1C. The Morgan fingerprint density at radius 3 is 2.20 bits per heavy atom. The van der Waals surface area contributed by atoms with Gasteiger partial charge in [-0.15, -0.1) is 0 Å². The maximum Gasteiger partial charge on any atom is 0.0369 e. The van der Waals surface area contributed by atoms with Crippen LogP contribution in [-0.2, 0) is 0 Å². The molecule has 2 nitrogen and oxygen atoms in total. The molecule has 0 bridgehead atoms. The predicted octanol–water partition coefficient (Wildman–Crippen LogP) is 5.50. The van der Waals surface area contributed by atoms with Crippen LogP contribution in [0.5, 0.6) is 0 Å². The number of hydrogen-bond donors (Lipinski definition) is 0. The van der Waals surface area contributed by atoms with Gasteiger partial charge in [0.25, 0.3) is 0 Å². The normalized spacial score (nSPS) is 14.0. The van der Waals surface area contributed by atoms with E-state index in [1.54, 1.807) is 0 Å². The van der Waals surface area contributed by atoms with Crippen molar-refractivity contribution in [3.63, 3.8) is 0 Å². The van der Waals surface area contributed by atoms with Gasteiger partial charge in [0, 0.05) is 37.6 Å². The van der Waals surface area contributed by atoms with E-state index >= 15 is 0 Å². The summed E-state index contributed by atoms with van der Waals surface area (Å²) in [7, 11) is 0. The molecule has 2 heteroatoms. The van der Waals surface area contributed by atoms with E-state index in [9.17, 15) is 0 Å². The van der Waals surface area contributed by atoms with Crippen molar-refractivity contribution in [3.05, 3.63) is 65.7 Å². The molecular formula is C23H30N2. The van der Waals surface area contributed by atoms with E-state index in [-0.39, 0.29) is 0 Å². The van der Waals surface area contributed by atoms with Crippen molar-refractivity contribution in [2.24, 2.45) is 0 Å². The minimum Gasteiger partial charge on any atom is -0.372 e. The Morgan fingerprint density at radius 1 is 1.00 bits per heavy atom. The van der Waals surface area contributed by atoms with E-state index < -0.39 is 0 Å². The van der Waals surface area contributed by atoms with Crippen LogP contribution in [0.15, 0.2) is 49.0 Å². The Bertz CT molecular complexity index is 720. The highest BCUT2D eigenvalue weighted by atomic mass is 15.1. The molecule has 0 unspecified atom stereocenters. The van der Waals surface area contributed by atoms with Crippen molar-refractivity contribution in [1.82, 2.24) is 0 Å². The van der Waals surface area contributed by atoms with Crippen LogP contribution in [0.4, 0.5) is 11.4 Å². The predicted molar refractivity (Wildman–Crippen MR) is 111 cm³/mol. The lowest BCUT2D eigenvalue weighted by Crippen LogP contribution is -2.21. The Balaban J connectivity index is 1.80. The monoisotopic (exact) mass is 334 g/mol. The van der Waals surface area contributed by atoms with Gasteiger partial charge >= 0.3 is 0 Å². The van der Waals surface area contributed by atoms with Crippen molar-refractivity contribution in [3.8, 4) is 0 Å². The second-order valence-electron chi connectivity index (χ2n) is 6.89. The maximum absolute atomic E-state index is 4.37. The van der Waals surface area contributed by atoms with E-state index in [1.165, 1.54) is 54.0 Å². The molecule has 0 aliphatic carbocycles. The molecule has 1 saturated heterocycles. The summed E-state index contributed by atoms with van der Waals surface area (Å²) in [5, 5.41) is 0. The van der Waals surface area contributed by atoms with Crippen molar-refractivity contribution in [2.45, 2.75) is 33.6 Å². The Morgan fingerprint density at radius 2 is 1.64 bits per heavy atom. The average Bonchev–Trinajstić information content (AvgIpc) is 3.17. The summed E-state index contributed by atoms with van der Waals surface area (Å²) in [6.45, 7) is 15.4. The first-order chi connectivity index (χ1) is 12.1. The van der Waals surface area contributed by atoms with Gasteiger partial charge in [-0.05, 0) is 80.1 Å². The number of nitrogens with zero attached hydrogens (tertiary/aromatic N) is 2. The third-order valence-electron chi connectivity index (χ3n) is 5.35. The van der Waals surface area contributed by atoms with Gasteiger partial charge in [-0.25, -0.2) is 0 Å². The summed E-state index contributed by atoms with van der Waals surface area (Å²) >= 11 is 0. The smallest absolute Gasteiger partial charge is 0.0369 e. The minimum absolute atomic E-state index is 1.04. The maximum atomic E-state index is 4.37. The van der Waals surface area contributed by atoms with Crippen LogP contribution in [0.3, 0.4) is 0 Å². The zero-order chi connectivity index (χ0) is 17.8. The van der Waals surface area contributed by atoms with Gasteiger partial charge < -0.3 is 9.80 Å². The van der Waals surface area contributed by atoms with Gasteiger partial charge in [0.05, 0.1) is 0 Å². The average molecular weight is 335 g/mol. The minimum atomic E-state index is 1.04. The molecule has 0 radical (unpaired) electrons. The zero-order valence-corrected chi connectivity index (χ0v) is 15.9. The standard InChI is InChI=1S/C23H30N2/c1-5-24(6-2)22-13-14-23(18(3)17-22)19(4)20-9-11-21(12-10-20)25-15-7-8-16-25/h9-14,17H,4-8,15-16H2,1-3H3. The topological polar surface area (TPSA) is 6.48 Å². The Kier molecular flexibility index (Phi) is 5.47. The molecule has 0 spiro atoms. The molecule has 0 N–H and O–H groups in total. The van der Waals surface area contributed by atoms with Crippen LogP contribution in [-0.4, -0.2) is 26.2 Å². The Hall–Kier alpha value is -2.22. The molecule has 25 heavy (non-hydrogen) atoms. The lowest BCUT2D eigenvalue weighted by Gasteiger charge is -2.22. The summed E-state index contributed by atoms with van der Waals surface area (Å²) in [5.74, 6) is 0. The highest BCUT2D eigenvalue weighted by molar-refractivity contribution is 5.81. The molecule has 2 aromatic rings. The molecule has 132 valence electrons. The zero-order valence-electron chi connectivity index (χ0n) is 15.9. The van der Waals surface area contributed by atoms with Gasteiger partial charge in [0.2, 0.25) is 0 Å². The second-order valence-corrected chi connectivity index (χ2v) is 6.89. The van der Waals surface area contributed by atoms with Gasteiger partial charge in [0.15, 0.2) is 0 Å². The third kappa shape index (κ3) is 3.73. The van der Waals surface area contributed by atoms with Crippen LogP contribution < -0.4 is 9.80 Å². The first-order valence-electron chi connectivity index (χ1n) is 9.54. The lowest BCUT2D eigenvalue weighted by atomic mass is 9.95. The quantitative estimate of drug-likeness (QED) is 0.688. The van der Waals surface area contributed by atoms with Crippen LogP contribution in [0.25, 0.3) is 5.57 Å². The molecule has 0 amide bonds. The fourth-order valence-corrected chi connectivity index (χ4v) is 3.78. The van der Waals surface area contributed by atoms with E-state index in [0.29, 0.717) is 0 Å². The molecule has 1 fully saturated rings. The van der Waals surface area contributed by atoms with Gasteiger partial charge in [-0.3, -0.25) is 0 Å². The van der Waals surface area contributed by atoms with Gasteiger partial charge in [-0.1, -0.05) is 24.8 Å². The molecule has 1 aliphatic heterocycles. The molecular weight excluding hydrogens is 304 g/mol. The fraction of sp³-hybridized carbons (Fsp3) is 0.391. The highest BCUT2D eigenvalue weighted by Gasteiger charge is 2.13. The van der Waals surface area contributed by atoms with Crippen LogP contribution in [0.2, 0.25) is 0 Å². The van der Waals surface area contributed by atoms with Crippen LogP contribution in [0, 0.1) is 6.92 Å². The summed E-state index contributed by atoms with van der Waals surface area (Å²) in [6.07, 6.45) is 2.62. The molecule has 1 heterocycles. The number of benzene rings is 2. The lowest BCUT2D eigenvalue weighted by molar-refractivity contribution is 0.865. The molecule has 0 atom stereocenters. The van der Waals surface area contributed by atoms with E-state index in [4.69, 9.17) is 0 Å². The van der Waals surface area contributed by atoms with Crippen LogP contribution in [0.1, 0.15) is 43.4 Å². The van der Waals surface area contributed by atoms with Crippen molar-refractivity contribution in [1.29, 1.82) is 0 Å². The third-order valence-corrected chi connectivity index (χ3v) is 5.35. The molecule has 1 aliphatic rings. The van der Waals surface area contributed by atoms with E-state index in [1.807, 2.05) is 0 Å². The molecule has 0 saturated carbocycles. The molecule has 2 aromatic carbocycles. The fourth-order valence-electron chi connectivity index (χ4n) is 3.78. The van der Waals surface area contributed by atoms with E-state index in [2.05, 4.69) is 79.6 Å². The first-order valence-corrected chi connectivity index (χ1v) is 9.54. The molecule has 0 aromatic heterocycles.